The van der Waals surface area contributed by atoms with Gasteiger partial charge in [-0.3, -0.25) is 0 Å². The molecule has 0 aliphatic rings. The third-order valence-corrected chi connectivity index (χ3v) is 1.77. The second-order valence-corrected chi connectivity index (χ2v) is 3.20. The maximum atomic E-state index is 12.6. The quantitative estimate of drug-likeness (QED) is 0.775. The van der Waals surface area contributed by atoms with Gasteiger partial charge in [-0.2, -0.15) is 39.5 Å². The van der Waals surface area contributed by atoms with E-state index < -0.39 is 36.5 Å². The van der Waals surface area contributed by atoms with Crippen LogP contribution < -0.4 is 0 Å². The van der Waals surface area contributed by atoms with Crippen molar-refractivity contribution in [1.29, 1.82) is 0 Å². The highest BCUT2D eigenvalue weighted by Gasteiger charge is 2.83. The Bertz CT molecular complexity index is 280. The third-order valence-electron chi connectivity index (χ3n) is 1.77. The minimum Gasteiger partial charge on any atom is -0.369 e. The van der Waals surface area contributed by atoms with Crippen molar-refractivity contribution in [3.63, 3.8) is 0 Å². The number of aliphatic hydroxyl groups is 1. The summed E-state index contributed by atoms with van der Waals surface area (Å²) < 4.78 is 131. The highest BCUT2D eigenvalue weighted by molar-refractivity contribution is 5.05. The first kappa shape index (κ1) is 17.2. The molecule has 0 fully saturated rings. The Morgan fingerprint density at radius 2 is 0.889 bits per heavy atom. The molecule has 0 rings (SSSR count). The zero-order valence-electron chi connectivity index (χ0n) is 7.81. The molecule has 1 N–H and O–H groups in total. The third kappa shape index (κ3) is 2.95. The zero-order valence-corrected chi connectivity index (χ0v) is 7.81. The molecule has 0 unspecified atom stereocenters. The van der Waals surface area contributed by atoms with Crippen LogP contribution in [0, 0.1) is 0 Å². The Hall–Kier alpha value is -0.810. The van der Waals surface area contributed by atoms with E-state index in [1.165, 1.54) is 0 Å². The van der Waals surface area contributed by atoms with Crippen molar-refractivity contribution in [2.75, 3.05) is 0 Å². The first-order valence-electron chi connectivity index (χ1n) is 3.76. The van der Waals surface area contributed by atoms with Gasteiger partial charge in [-0.25, -0.2) is 8.78 Å². The van der Waals surface area contributed by atoms with Crippen molar-refractivity contribution in [1.82, 2.24) is 0 Å². The van der Waals surface area contributed by atoms with Crippen LogP contribution in [-0.2, 0) is 0 Å². The van der Waals surface area contributed by atoms with Crippen molar-refractivity contribution in [2.24, 2.45) is 0 Å². The molecule has 0 aliphatic carbocycles. The summed E-state index contributed by atoms with van der Waals surface area (Å²) in [6, 6.07) is 0. The minimum atomic E-state index is -7.03. The van der Waals surface area contributed by atoms with Gasteiger partial charge in [0.25, 0.3) is 0 Å². The number of rotatable bonds is 2. The fourth-order valence-electron chi connectivity index (χ4n) is 0.955. The maximum Gasteiger partial charge on any atom is 0.432 e. The second kappa shape index (κ2) is 4.10. The van der Waals surface area contributed by atoms with Crippen LogP contribution in [-0.4, -0.2) is 35.2 Å². The lowest BCUT2D eigenvalue weighted by Gasteiger charge is -2.38. The fraction of sp³-hybridized carbons (Fsp3) is 1.00. The molecule has 0 spiro atoms. The Labute approximate surface area is 91.2 Å². The van der Waals surface area contributed by atoms with Crippen LogP contribution in [0.4, 0.5) is 48.3 Å². The smallest absolute Gasteiger partial charge is 0.369 e. The molecule has 18 heavy (non-hydrogen) atoms. The van der Waals surface area contributed by atoms with Crippen LogP contribution in [0.25, 0.3) is 0 Å². The molecule has 110 valence electrons. The van der Waals surface area contributed by atoms with E-state index in [2.05, 4.69) is 0 Å². The zero-order chi connectivity index (χ0) is 15.2. The van der Waals surface area contributed by atoms with Gasteiger partial charge < -0.3 is 5.11 Å². The van der Waals surface area contributed by atoms with Gasteiger partial charge in [-0.1, -0.05) is 0 Å². The van der Waals surface area contributed by atoms with E-state index in [9.17, 15) is 48.3 Å². The molecule has 0 saturated heterocycles. The van der Waals surface area contributed by atoms with E-state index in [1.807, 2.05) is 0 Å². The summed E-state index contributed by atoms with van der Waals surface area (Å²) in [5.74, 6) is -6.51. The summed E-state index contributed by atoms with van der Waals surface area (Å²) in [6.45, 7) is 0. The highest BCUT2D eigenvalue weighted by Crippen LogP contribution is 2.54. The number of alkyl halides is 11. The summed E-state index contributed by atoms with van der Waals surface area (Å²) in [7, 11) is 0. The van der Waals surface area contributed by atoms with Crippen LogP contribution >= 0.6 is 0 Å². The van der Waals surface area contributed by atoms with E-state index in [0.29, 0.717) is 0 Å². The summed E-state index contributed by atoms with van der Waals surface area (Å²) in [5, 5.41) is 8.08. The van der Waals surface area contributed by atoms with Gasteiger partial charge in [-0.15, -0.1) is 0 Å². The molecule has 0 aliphatic heterocycles. The standard InChI is InChI=1S/C6H3F11O/c7-2(8,1-3(9,10)11)4(18,5(12,13)14)6(15,16)17/h18H,1H2. The normalized spacial score (nSPS) is 16.0. The van der Waals surface area contributed by atoms with E-state index >= 15 is 0 Å². The molecular formula is C6H3F11O. The van der Waals surface area contributed by atoms with Gasteiger partial charge in [-0.05, 0) is 0 Å². The Balaban J connectivity index is 5.77. The summed E-state index contributed by atoms with van der Waals surface area (Å²) in [6.07, 6.45) is -23.9. The van der Waals surface area contributed by atoms with E-state index in [4.69, 9.17) is 5.11 Å². The molecule has 0 aromatic rings. The topological polar surface area (TPSA) is 20.2 Å². The highest BCUT2D eigenvalue weighted by atomic mass is 19.4. The van der Waals surface area contributed by atoms with Crippen molar-refractivity contribution in [3.05, 3.63) is 0 Å². The predicted octanol–water partition coefficient (Wildman–Crippen LogP) is 3.43. The summed E-state index contributed by atoms with van der Waals surface area (Å²) >= 11 is 0. The largest absolute Gasteiger partial charge is 0.432 e. The monoisotopic (exact) mass is 300 g/mol. The summed E-state index contributed by atoms with van der Waals surface area (Å²) in [4.78, 5) is 0. The SMILES string of the molecule is OC(C(F)(F)F)(C(F)(F)F)C(F)(F)CC(F)(F)F. The molecule has 0 aromatic heterocycles. The maximum absolute atomic E-state index is 12.6. The molecule has 0 atom stereocenters. The fourth-order valence-corrected chi connectivity index (χ4v) is 0.955. The molecule has 0 amide bonds. The van der Waals surface area contributed by atoms with Gasteiger partial charge in [0.2, 0.25) is 0 Å². The average molecular weight is 300 g/mol. The Morgan fingerprint density at radius 1 is 0.611 bits per heavy atom. The van der Waals surface area contributed by atoms with Gasteiger partial charge >= 0.3 is 30.1 Å². The van der Waals surface area contributed by atoms with E-state index in [1.54, 1.807) is 0 Å². The molecule has 0 saturated carbocycles. The van der Waals surface area contributed by atoms with Crippen molar-refractivity contribution < 1.29 is 53.4 Å². The first-order chi connectivity index (χ1) is 7.46. The first-order valence-corrected chi connectivity index (χ1v) is 3.76. The number of halogens is 11. The average Bonchev–Trinajstić information content (AvgIpc) is 1.92. The number of hydrogen-bond acceptors (Lipinski definition) is 1. The Morgan fingerprint density at radius 3 is 1.06 bits per heavy atom. The molecular weight excluding hydrogens is 297 g/mol. The van der Waals surface area contributed by atoms with Crippen LogP contribution in [0.1, 0.15) is 6.42 Å². The molecule has 0 heterocycles. The molecule has 0 radical (unpaired) electrons. The predicted molar refractivity (Wildman–Crippen MR) is 32.7 cm³/mol. The lowest BCUT2D eigenvalue weighted by atomic mass is 9.91. The van der Waals surface area contributed by atoms with Crippen LogP contribution in [0.15, 0.2) is 0 Å². The van der Waals surface area contributed by atoms with Crippen molar-refractivity contribution >= 4 is 0 Å². The second-order valence-electron chi connectivity index (χ2n) is 3.20. The molecule has 1 nitrogen and oxygen atoms in total. The van der Waals surface area contributed by atoms with Crippen molar-refractivity contribution in [2.45, 2.75) is 36.5 Å². The van der Waals surface area contributed by atoms with E-state index in [-0.39, 0.29) is 0 Å². The van der Waals surface area contributed by atoms with Gasteiger partial charge in [0.15, 0.2) is 0 Å². The van der Waals surface area contributed by atoms with Crippen LogP contribution in [0.2, 0.25) is 0 Å². The van der Waals surface area contributed by atoms with Crippen LogP contribution in [0.5, 0.6) is 0 Å². The lowest BCUT2D eigenvalue weighted by molar-refractivity contribution is -0.429. The van der Waals surface area contributed by atoms with Gasteiger partial charge in [0.05, 0.1) is 0 Å². The lowest BCUT2D eigenvalue weighted by Crippen LogP contribution is -2.68. The van der Waals surface area contributed by atoms with Gasteiger partial charge in [0.1, 0.15) is 6.42 Å². The molecule has 12 heteroatoms. The summed E-state index contributed by atoms with van der Waals surface area (Å²) in [5.41, 5.74) is -6.78. The van der Waals surface area contributed by atoms with Crippen LogP contribution in [0.3, 0.4) is 0 Å². The van der Waals surface area contributed by atoms with Gasteiger partial charge in [0, 0.05) is 0 Å². The number of hydrogen-bond donors (Lipinski definition) is 1. The Kier molecular flexibility index (Phi) is 3.91. The molecule has 0 aromatic carbocycles. The van der Waals surface area contributed by atoms with Crippen molar-refractivity contribution in [3.8, 4) is 0 Å². The molecule has 0 bridgehead atoms. The van der Waals surface area contributed by atoms with E-state index in [0.717, 1.165) is 0 Å². The minimum absolute atomic E-state index is 3.77.